The zero-order chi connectivity index (χ0) is 26.1. The van der Waals surface area contributed by atoms with Gasteiger partial charge in [0, 0.05) is 37.5 Å². The second kappa shape index (κ2) is 10.3. The van der Waals surface area contributed by atoms with E-state index in [1.165, 1.54) is 6.92 Å². The third-order valence-electron chi connectivity index (χ3n) is 7.43. The Morgan fingerprint density at radius 2 is 1.92 bits per heavy atom. The Labute approximate surface area is 214 Å². The fraction of sp³-hybridized carbons (Fsp3) is 0.500. The molecule has 0 aliphatic carbocycles. The number of piperazine rings is 1. The molecule has 3 aliphatic heterocycles. The predicted molar refractivity (Wildman–Crippen MR) is 133 cm³/mol. The van der Waals surface area contributed by atoms with Crippen LogP contribution < -0.4 is 10.6 Å². The Balaban J connectivity index is 1.36. The SMILES string of the molecule is CC(=O)N1CC2CCCC(Nc3nccc4ccccc34)CC(=O)N2C(C(=O)NC2CC(=O)OC2O)C1. The number of pyridine rings is 1. The number of carbonyl (C=O) groups is 4. The Morgan fingerprint density at radius 3 is 2.68 bits per heavy atom. The number of cyclic esters (lactones) is 1. The highest BCUT2D eigenvalue weighted by molar-refractivity contribution is 5.93. The Morgan fingerprint density at radius 1 is 1.11 bits per heavy atom. The van der Waals surface area contributed by atoms with Crippen LogP contribution in [0, 0.1) is 0 Å². The number of aliphatic hydroxyl groups excluding tert-OH is 1. The lowest BCUT2D eigenvalue weighted by Crippen LogP contribution is -2.66. The summed E-state index contributed by atoms with van der Waals surface area (Å²) in [4.78, 5) is 58.5. The average Bonchev–Trinajstić information content (AvgIpc) is 3.18. The third-order valence-corrected chi connectivity index (χ3v) is 7.43. The van der Waals surface area contributed by atoms with Crippen LogP contribution in [0.25, 0.3) is 10.8 Å². The molecule has 4 heterocycles. The molecule has 1 aromatic heterocycles. The standard InChI is InChI=1S/C26H31N5O6/c1-15(32)30-13-18-7-4-6-17(28-24-19-8-3-2-5-16(19)9-10-27-24)11-22(33)31(18)21(14-30)25(35)29-20-12-23(34)37-26(20)36/h2-3,5,8-10,17-18,20-21,26,36H,4,6-7,11-14H2,1H3,(H,27,28)(H,29,35). The first-order valence-corrected chi connectivity index (χ1v) is 12.6. The van der Waals surface area contributed by atoms with Crippen molar-refractivity contribution in [3.05, 3.63) is 36.5 Å². The normalized spacial score (nSPS) is 28.2. The maximum atomic E-state index is 13.7. The molecular formula is C26H31N5O6. The molecule has 5 rings (SSSR count). The van der Waals surface area contributed by atoms with Gasteiger partial charge in [0.15, 0.2) is 0 Å². The first-order valence-electron chi connectivity index (χ1n) is 12.6. The van der Waals surface area contributed by atoms with Crippen molar-refractivity contribution >= 4 is 40.3 Å². The number of hydrogen-bond acceptors (Lipinski definition) is 8. The minimum Gasteiger partial charge on any atom is -0.434 e. The van der Waals surface area contributed by atoms with Crippen molar-refractivity contribution in [3.8, 4) is 0 Å². The van der Waals surface area contributed by atoms with E-state index >= 15 is 0 Å². The summed E-state index contributed by atoms with van der Waals surface area (Å²) in [6.07, 6.45) is 2.47. The van der Waals surface area contributed by atoms with Crippen LogP contribution in [-0.2, 0) is 23.9 Å². The molecule has 3 N–H and O–H groups in total. The molecule has 2 aromatic rings. The molecule has 3 fully saturated rings. The van der Waals surface area contributed by atoms with Gasteiger partial charge in [-0.3, -0.25) is 19.2 Å². The number of hydrogen-bond donors (Lipinski definition) is 3. The molecule has 196 valence electrons. The highest BCUT2D eigenvalue weighted by atomic mass is 16.6. The molecule has 3 amide bonds. The number of aromatic nitrogens is 1. The maximum absolute atomic E-state index is 13.7. The van der Waals surface area contributed by atoms with E-state index in [2.05, 4.69) is 15.6 Å². The van der Waals surface area contributed by atoms with Crippen LogP contribution >= 0.6 is 0 Å². The Hall–Kier alpha value is -3.73. The number of aliphatic hydroxyl groups is 1. The van der Waals surface area contributed by atoms with E-state index < -0.39 is 30.3 Å². The zero-order valence-corrected chi connectivity index (χ0v) is 20.6. The van der Waals surface area contributed by atoms with Crippen LogP contribution in [0.1, 0.15) is 39.0 Å². The summed E-state index contributed by atoms with van der Waals surface area (Å²) in [7, 11) is 0. The van der Waals surface area contributed by atoms with Crippen LogP contribution in [0.5, 0.6) is 0 Å². The molecule has 37 heavy (non-hydrogen) atoms. The van der Waals surface area contributed by atoms with Gasteiger partial charge in [-0.1, -0.05) is 24.3 Å². The summed E-state index contributed by atoms with van der Waals surface area (Å²) in [5, 5.41) is 18.1. The molecule has 5 atom stereocenters. The van der Waals surface area contributed by atoms with E-state index in [-0.39, 0.29) is 43.3 Å². The van der Waals surface area contributed by atoms with Gasteiger partial charge in [0.25, 0.3) is 0 Å². The molecule has 0 bridgehead atoms. The van der Waals surface area contributed by atoms with Gasteiger partial charge in [-0.25, -0.2) is 4.98 Å². The lowest BCUT2D eigenvalue weighted by Gasteiger charge is -2.47. The summed E-state index contributed by atoms with van der Waals surface area (Å²) in [5.74, 6) is -0.780. The average molecular weight is 510 g/mol. The van der Waals surface area contributed by atoms with Crippen molar-refractivity contribution < 1.29 is 29.0 Å². The number of esters is 1. The number of benzene rings is 1. The molecule has 11 nitrogen and oxygen atoms in total. The summed E-state index contributed by atoms with van der Waals surface area (Å²) < 4.78 is 4.73. The third kappa shape index (κ3) is 5.22. The first kappa shape index (κ1) is 24.9. The van der Waals surface area contributed by atoms with E-state index in [9.17, 15) is 24.3 Å². The van der Waals surface area contributed by atoms with Gasteiger partial charge < -0.3 is 30.3 Å². The molecule has 11 heteroatoms. The van der Waals surface area contributed by atoms with E-state index in [0.29, 0.717) is 18.8 Å². The molecule has 0 radical (unpaired) electrons. The minimum atomic E-state index is -1.44. The van der Waals surface area contributed by atoms with Crippen LogP contribution in [0.3, 0.4) is 0 Å². The van der Waals surface area contributed by atoms with E-state index in [0.717, 1.165) is 23.6 Å². The van der Waals surface area contributed by atoms with Crippen molar-refractivity contribution in [3.63, 3.8) is 0 Å². The van der Waals surface area contributed by atoms with Crippen LogP contribution in [-0.4, -0.2) is 87.1 Å². The van der Waals surface area contributed by atoms with Crippen LogP contribution in [0.4, 0.5) is 5.82 Å². The van der Waals surface area contributed by atoms with Gasteiger partial charge in [-0.05, 0) is 30.7 Å². The highest BCUT2D eigenvalue weighted by Crippen LogP contribution is 2.29. The molecule has 5 unspecified atom stereocenters. The fourth-order valence-corrected chi connectivity index (χ4v) is 5.56. The van der Waals surface area contributed by atoms with Gasteiger partial charge in [-0.2, -0.15) is 0 Å². The van der Waals surface area contributed by atoms with Crippen LogP contribution in [0.2, 0.25) is 0 Å². The second-order valence-electron chi connectivity index (χ2n) is 9.95. The van der Waals surface area contributed by atoms with Gasteiger partial charge in [0.2, 0.25) is 24.0 Å². The lowest BCUT2D eigenvalue weighted by molar-refractivity contribution is -0.157. The van der Waals surface area contributed by atoms with Crippen molar-refractivity contribution in [2.24, 2.45) is 0 Å². The Kier molecular flexibility index (Phi) is 6.96. The monoisotopic (exact) mass is 509 g/mol. The number of nitrogens with zero attached hydrogens (tertiary/aromatic N) is 3. The van der Waals surface area contributed by atoms with Gasteiger partial charge in [0.05, 0.1) is 19.0 Å². The molecule has 0 spiro atoms. The number of ether oxygens (including phenoxy) is 1. The number of rotatable bonds is 4. The molecule has 3 saturated heterocycles. The lowest BCUT2D eigenvalue weighted by atomic mass is 9.93. The summed E-state index contributed by atoms with van der Waals surface area (Å²) in [6, 6.07) is 7.52. The Bertz CT molecular complexity index is 1220. The maximum Gasteiger partial charge on any atom is 0.310 e. The summed E-state index contributed by atoms with van der Waals surface area (Å²) in [6.45, 7) is 1.85. The molecular weight excluding hydrogens is 478 g/mol. The van der Waals surface area contributed by atoms with Gasteiger partial charge in [-0.15, -0.1) is 0 Å². The molecule has 0 saturated carbocycles. The highest BCUT2D eigenvalue weighted by Gasteiger charge is 2.45. The largest absolute Gasteiger partial charge is 0.434 e. The molecule has 1 aromatic carbocycles. The van der Waals surface area contributed by atoms with Gasteiger partial charge >= 0.3 is 5.97 Å². The molecule has 3 aliphatic rings. The smallest absolute Gasteiger partial charge is 0.310 e. The fourth-order valence-electron chi connectivity index (χ4n) is 5.56. The first-order chi connectivity index (χ1) is 17.8. The van der Waals surface area contributed by atoms with Gasteiger partial charge in [0.1, 0.15) is 17.9 Å². The number of carbonyl (C=O) groups excluding carboxylic acids is 4. The number of fused-ring (bicyclic) bond motifs is 2. The van der Waals surface area contributed by atoms with Crippen molar-refractivity contribution in [2.75, 3.05) is 18.4 Å². The zero-order valence-electron chi connectivity index (χ0n) is 20.6. The topological polar surface area (TPSA) is 141 Å². The van der Waals surface area contributed by atoms with Crippen LogP contribution in [0.15, 0.2) is 36.5 Å². The predicted octanol–water partition coefficient (Wildman–Crippen LogP) is 0.767. The summed E-state index contributed by atoms with van der Waals surface area (Å²) >= 11 is 0. The minimum absolute atomic E-state index is 0.0456. The number of amides is 3. The van der Waals surface area contributed by atoms with E-state index in [1.807, 2.05) is 30.3 Å². The number of anilines is 1. The van der Waals surface area contributed by atoms with Crippen molar-refractivity contribution in [1.29, 1.82) is 0 Å². The summed E-state index contributed by atoms with van der Waals surface area (Å²) in [5.41, 5.74) is 0. The quantitative estimate of drug-likeness (QED) is 0.513. The number of nitrogens with one attached hydrogen (secondary N) is 2. The van der Waals surface area contributed by atoms with Crippen molar-refractivity contribution in [1.82, 2.24) is 20.1 Å². The second-order valence-corrected chi connectivity index (χ2v) is 9.95. The van der Waals surface area contributed by atoms with E-state index in [1.54, 1.807) is 16.0 Å². The van der Waals surface area contributed by atoms with E-state index in [4.69, 9.17) is 4.74 Å². The van der Waals surface area contributed by atoms with Crippen molar-refractivity contribution in [2.45, 2.75) is 69.5 Å².